The highest BCUT2D eigenvalue weighted by Crippen LogP contribution is 2.43. The predicted molar refractivity (Wildman–Crippen MR) is 149 cm³/mol. The molecule has 0 aliphatic heterocycles. The quantitative estimate of drug-likeness (QED) is 0.0733. The van der Waals surface area contributed by atoms with Gasteiger partial charge in [0.2, 0.25) is 0 Å². The van der Waals surface area contributed by atoms with E-state index in [1.807, 2.05) is 0 Å². The summed E-state index contributed by atoms with van der Waals surface area (Å²) in [5.74, 6) is 0. The molecule has 5 nitrogen and oxygen atoms in total. The molecule has 0 unspecified atom stereocenters. The fraction of sp³-hybridized carbons (Fsp3) is 0.929. The van der Waals surface area contributed by atoms with Gasteiger partial charge in [-0.15, -0.1) is 0 Å². The second kappa shape index (κ2) is 30.8. The molecule has 0 saturated carbocycles. The summed E-state index contributed by atoms with van der Waals surface area (Å²) in [6.07, 6.45) is 29.6. The lowest BCUT2D eigenvalue weighted by molar-refractivity contribution is 0.145. The number of allylic oxidation sites excluding steroid dienone is 2. The number of rotatable bonds is 25. The molecule has 0 spiro atoms. The van der Waals surface area contributed by atoms with Crippen LogP contribution < -0.4 is 5.73 Å². The summed E-state index contributed by atoms with van der Waals surface area (Å²) in [5.41, 5.74) is 5.47. The number of hydrogen-bond acceptors (Lipinski definition) is 4. The first kappa shape index (κ1) is 36.0. The maximum absolute atomic E-state index is 11.3. The lowest BCUT2D eigenvalue weighted by Gasteiger charge is -2.11. The van der Waals surface area contributed by atoms with Crippen LogP contribution in [-0.4, -0.2) is 24.7 Å². The number of phosphoric ester groups is 1. The van der Waals surface area contributed by atoms with E-state index in [1.165, 1.54) is 89.9 Å². The normalized spacial score (nSPS) is 11.7. The summed E-state index contributed by atoms with van der Waals surface area (Å²) >= 11 is 0. The summed E-state index contributed by atoms with van der Waals surface area (Å²) in [5, 5.41) is 0. The molecule has 0 aromatic heterocycles. The molecule has 0 heterocycles. The van der Waals surface area contributed by atoms with E-state index in [9.17, 15) is 9.46 Å². The minimum atomic E-state index is -3.77. The van der Waals surface area contributed by atoms with Gasteiger partial charge in [-0.05, 0) is 51.5 Å². The van der Waals surface area contributed by atoms with Crippen LogP contribution in [0.25, 0.3) is 0 Å². The van der Waals surface area contributed by atoms with Crippen molar-refractivity contribution < 1.29 is 18.5 Å². The maximum atomic E-state index is 11.3. The third-order valence-corrected chi connectivity index (χ3v) is 6.74. The Hall–Kier alpha value is -0.190. The van der Waals surface area contributed by atoms with Crippen molar-refractivity contribution in [3.05, 3.63) is 12.2 Å². The largest absolute Gasteiger partial charge is 0.472 e. The Bertz CT molecular complexity index is 430. The van der Waals surface area contributed by atoms with E-state index in [-0.39, 0.29) is 0 Å². The van der Waals surface area contributed by atoms with Gasteiger partial charge >= 0.3 is 7.82 Å². The zero-order valence-electron chi connectivity index (χ0n) is 23.1. The molecule has 0 aromatic rings. The van der Waals surface area contributed by atoms with Crippen molar-refractivity contribution in [1.29, 1.82) is 0 Å². The average Bonchev–Trinajstić information content (AvgIpc) is 2.82. The molecule has 0 saturated heterocycles. The summed E-state index contributed by atoms with van der Waals surface area (Å²) in [7, 11) is -3.77. The van der Waals surface area contributed by atoms with E-state index >= 15 is 0 Å². The fourth-order valence-electron chi connectivity index (χ4n) is 3.49. The highest BCUT2D eigenvalue weighted by Gasteiger charge is 2.19. The van der Waals surface area contributed by atoms with Crippen molar-refractivity contribution in [2.24, 2.45) is 5.73 Å². The van der Waals surface area contributed by atoms with Crippen molar-refractivity contribution in [3.8, 4) is 0 Å². The molecular formula is C28H60NO4P. The summed E-state index contributed by atoms with van der Waals surface area (Å²) in [4.78, 5) is 9.22. The van der Waals surface area contributed by atoms with Crippen LogP contribution in [0.4, 0.5) is 0 Å². The SMILES string of the molecule is CCCCCCCC/C=C\CCCCCCCCN.CCCCCOP(=O)(O)OCCCCC. The summed E-state index contributed by atoms with van der Waals surface area (Å²) in [6, 6.07) is 0. The van der Waals surface area contributed by atoms with E-state index in [0.717, 1.165) is 45.1 Å². The van der Waals surface area contributed by atoms with Crippen LogP contribution in [0.15, 0.2) is 12.2 Å². The molecule has 0 radical (unpaired) electrons. The lowest BCUT2D eigenvalue weighted by atomic mass is 10.1. The minimum absolute atomic E-state index is 0.301. The zero-order chi connectivity index (χ0) is 25.6. The highest BCUT2D eigenvalue weighted by molar-refractivity contribution is 7.47. The van der Waals surface area contributed by atoms with Crippen LogP contribution in [0.2, 0.25) is 0 Å². The molecule has 0 bridgehead atoms. The number of phosphoric acid groups is 1. The molecule has 0 rings (SSSR count). The molecule has 0 aliphatic carbocycles. The van der Waals surface area contributed by atoms with Crippen molar-refractivity contribution in [2.45, 2.75) is 149 Å². The molecule has 206 valence electrons. The van der Waals surface area contributed by atoms with Crippen molar-refractivity contribution >= 4 is 7.82 Å². The van der Waals surface area contributed by atoms with Crippen LogP contribution in [0.3, 0.4) is 0 Å². The van der Waals surface area contributed by atoms with Crippen LogP contribution in [0, 0.1) is 0 Å². The van der Waals surface area contributed by atoms with E-state index in [1.54, 1.807) is 0 Å². The van der Waals surface area contributed by atoms with Crippen molar-refractivity contribution in [3.63, 3.8) is 0 Å². The Morgan fingerprint density at radius 3 is 1.35 bits per heavy atom. The second-order valence-electron chi connectivity index (χ2n) is 9.28. The Morgan fingerprint density at radius 2 is 0.941 bits per heavy atom. The lowest BCUT2D eigenvalue weighted by Crippen LogP contribution is -1.98. The zero-order valence-corrected chi connectivity index (χ0v) is 24.0. The first-order valence-electron chi connectivity index (χ1n) is 14.5. The van der Waals surface area contributed by atoms with Crippen molar-refractivity contribution in [2.75, 3.05) is 19.8 Å². The smallest absolute Gasteiger partial charge is 0.330 e. The van der Waals surface area contributed by atoms with Crippen molar-refractivity contribution in [1.82, 2.24) is 0 Å². The molecular weight excluding hydrogens is 445 g/mol. The molecule has 3 N–H and O–H groups in total. The van der Waals surface area contributed by atoms with Gasteiger partial charge in [-0.2, -0.15) is 0 Å². The van der Waals surface area contributed by atoms with Gasteiger partial charge in [-0.1, -0.05) is 116 Å². The van der Waals surface area contributed by atoms with Gasteiger partial charge in [0.25, 0.3) is 0 Å². The monoisotopic (exact) mass is 505 g/mol. The van der Waals surface area contributed by atoms with E-state index < -0.39 is 7.82 Å². The Labute approximate surface area is 213 Å². The molecule has 6 heteroatoms. The van der Waals surface area contributed by atoms with Gasteiger partial charge < -0.3 is 10.6 Å². The molecule has 0 fully saturated rings. The third-order valence-electron chi connectivity index (χ3n) is 5.72. The van der Waals surface area contributed by atoms with Gasteiger partial charge in [0.1, 0.15) is 0 Å². The molecule has 0 amide bonds. The van der Waals surface area contributed by atoms with Crippen LogP contribution in [-0.2, 0) is 13.6 Å². The predicted octanol–water partition coefficient (Wildman–Crippen LogP) is 9.48. The van der Waals surface area contributed by atoms with Crippen LogP contribution in [0.1, 0.15) is 149 Å². The van der Waals surface area contributed by atoms with Gasteiger partial charge in [-0.3, -0.25) is 9.05 Å². The number of unbranched alkanes of at least 4 members (excludes halogenated alkanes) is 16. The minimum Gasteiger partial charge on any atom is -0.330 e. The topological polar surface area (TPSA) is 81.8 Å². The van der Waals surface area contributed by atoms with Crippen LogP contribution >= 0.6 is 7.82 Å². The first-order valence-corrected chi connectivity index (χ1v) is 16.0. The number of hydrogen-bond donors (Lipinski definition) is 2. The van der Waals surface area contributed by atoms with Crippen LogP contribution in [0.5, 0.6) is 0 Å². The fourth-order valence-corrected chi connectivity index (χ4v) is 4.29. The second-order valence-corrected chi connectivity index (χ2v) is 10.7. The Morgan fingerprint density at radius 1 is 0.588 bits per heavy atom. The Kier molecular flexibility index (Phi) is 32.6. The average molecular weight is 506 g/mol. The van der Waals surface area contributed by atoms with Gasteiger partial charge in [0, 0.05) is 0 Å². The standard InChI is InChI=1S/C18H37N.C10H23O4P/c1-2-3-4-5-6-7-8-9-10-11-12-13-14-15-16-17-18-19;1-3-5-7-9-13-15(11,12)14-10-8-6-4-2/h9-10H,2-8,11-19H2,1H3;3-10H2,1-2H3,(H,11,12)/b10-9-;. The molecule has 34 heavy (non-hydrogen) atoms. The number of nitrogens with two attached hydrogens (primary N) is 1. The first-order chi connectivity index (χ1) is 16.5. The molecule has 0 aliphatic rings. The maximum Gasteiger partial charge on any atom is 0.472 e. The molecule has 0 atom stereocenters. The van der Waals surface area contributed by atoms with E-state index in [2.05, 4.69) is 32.9 Å². The summed E-state index contributed by atoms with van der Waals surface area (Å²) in [6.45, 7) is 7.88. The third kappa shape index (κ3) is 34.0. The Balaban J connectivity index is 0. The van der Waals surface area contributed by atoms with E-state index in [0.29, 0.717) is 13.2 Å². The molecule has 0 aromatic carbocycles. The van der Waals surface area contributed by atoms with E-state index in [4.69, 9.17) is 14.8 Å². The summed E-state index contributed by atoms with van der Waals surface area (Å²) < 4.78 is 20.9. The van der Waals surface area contributed by atoms with Gasteiger partial charge in [-0.25, -0.2) is 4.57 Å². The van der Waals surface area contributed by atoms with Gasteiger partial charge in [0.05, 0.1) is 13.2 Å². The van der Waals surface area contributed by atoms with Gasteiger partial charge in [0.15, 0.2) is 0 Å². The highest BCUT2D eigenvalue weighted by atomic mass is 31.2.